The summed E-state index contributed by atoms with van der Waals surface area (Å²) in [6, 6.07) is 4.92. The van der Waals surface area contributed by atoms with Crippen molar-refractivity contribution in [3.8, 4) is 0 Å². The summed E-state index contributed by atoms with van der Waals surface area (Å²) in [5.74, 6) is 0. The third-order valence-electron chi connectivity index (χ3n) is 2.66. The van der Waals surface area contributed by atoms with Crippen LogP contribution in [0.5, 0.6) is 0 Å². The normalized spacial score (nSPS) is 12.9. The molecule has 1 unspecified atom stereocenters. The molecule has 0 aromatic carbocycles. The van der Waals surface area contributed by atoms with Gasteiger partial charge in [-0.2, -0.15) is 0 Å². The summed E-state index contributed by atoms with van der Waals surface area (Å²) < 4.78 is 6.34. The molecular formula is C13H22BrNOS. The summed E-state index contributed by atoms with van der Waals surface area (Å²) in [7, 11) is 1.77. The van der Waals surface area contributed by atoms with Gasteiger partial charge in [-0.3, -0.25) is 0 Å². The minimum Gasteiger partial charge on any atom is -0.385 e. The molecule has 1 heterocycles. The van der Waals surface area contributed by atoms with Crippen molar-refractivity contribution < 1.29 is 4.74 Å². The largest absolute Gasteiger partial charge is 0.385 e. The van der Waals surface area contributed by atoms with E-state index in [2.05, 4.69) is 40.3 Å². The van der Waals surface area contributed by atoms with E-state index in [1.165, 1.54) is 21.5 Å². The number of ether oxygens (including phenoxy) is 1. The predicted octanol–water partition coefficient (Wildman–Crippen LogP) is 3.85. The number of methoxy groups -OCH3 is 1. The quantitative estimate of drug-likeness (QED) is 0.698. The van der Waals surface area contributed by atoms with Crippen molar-refractivity contribution in [1.82, 2.24) is 5.32 Å². The molecule has 0 aliphatic rings. The van der Waals surface area contributed by atoms with Crippen molar-refractivity contribution in [2.75, 3.05) is 20.3 Å². The van der Waals surface area contributed by atoms with Crippen LogP contribution < -0.4 is 5.32 Å². The molecule has 0 radical (unpaired) electrons. The molecule has 2 nitrogen and oxygen atoms in total. The van der Waals surface area contributed by atoms with Gasteiger partial charge < -0.3 is 10.1 Å². The Bertz CT molecular complexity index is 303. The van der Waals surface area contributed by atoms with Crippen LogP contribution in [0.4, 0.5) is 0 Å². The Labute approximate surface area is 117 Å². The van der Waals surface area contributed by atoms with E-state index < -0.39 is 0 Å². The fourth-order valence-corrected chi connectivity index (χ4v) is 3.37. The van der Waals surface area contributed by atoms with Gasteiger partial charge in [-0.15, -0.1) is 11.3 Å². The molecule has 98 valence electrons. The van der Waals surface area contributed by atoms with E-state index >= 15 is 0 Å². The van der Waals surface area contributed by atoms with Gasteiger partial charge in [-0.25, -0.2) is 0 Å². The van der Waals surface area contributed by atoms with Crippen molar-refractivity contribution in [2.45, 2.75) is 38.6 Å². The van der Waals surface area contributed by atoms with E-state index in [1.807, 2.05) is 11.3 Å². The second-order valence-corrected chi connectivity index (χ2v) is 6.74. The van der Waals surface area contributed by atoms with E-state index in [-0.39, 0.29) is 0 Å². The van der Waals surface area contributed by atoms with Gasteiger partial charge in [0.25, 0.3) is 0 Å². The number of nitrogens with one attached hydrogen (secondary N) is 1. The second-order valence-electron chi connectivity index (χ2n) is 4.20. The molecule has 0 amide bonds. The smallest absolute Gasteiger partial charge is 0.0701 e. The zero-order chi connectivity index (χ0) is 12.5. The number of hydrogen-bond acceptors (Lipinski definition) is 3. The molecule has 0 saturated heterocycles. The van der Waals surface area contributed by atoms with Crippen molar-refractivity contribution in [3.63, 3.8) is 0 Å². The molecule has 1 N–H and O–H groups in total. The molecule has 1 rings (SSSR count). The van der Waals surface area contributed by atoms with Crippen LogP contribution in [-0.4, -0.2) is 26.3 Å². The molecule has 0 bridgehead atoms. The standard InChI is InChI=1S/C13H22BrNOS/c1-3-8-15-11(5-4-9-16-2)10-12-6-7-13(14)17-12/h6-7,11,15H,3-5,8-10H2,1-2H3. The highest BCUT2D eigenvalue weighted by Crippen LogP contribution is 2.23. The minimum absolute atomic E-state index is 0.579. The van der Waals surface area contributed by atoms with Gasteiger partial charge in [0, 0.05) is 24.6 Å². The Balaban J connectivity index is 2.38. The van der Waals surface area contributed by atoms with Crippen LogP contribution in [-0.2, 0) is 11.2 Å². The molecule has 17 heavy (non-hydrogen) atoms. The molecule has 0 aliphatic heterocycles. The van der Waals surface area contributed by atoms with Crippen molar-refractivity contribution >= 4 is 27.3 Å². The number of hydrogen-bond donors (Lipinski definition) is 1. The Morgan fingerprint density at radius 3 is 2.88 bits per heavy atom. The highest BCUT2D eigenvalue weighted by molar-refractivity contribution is 9.11. The van der Waals surface area contributed by atoms with Crippen LogP contribution in [0.1, 0.15) is 31.1 Å². The highest BCUT2D eigenvalue weighted by Gasteiger charge is 2.10. The van der Waals surface area contributed by atoms with Crippen LogP contribution in [0.3, 0.4) is 0 Å². The summed E-state index contributed by atoms with van der Waals surface area (Å²) in [5, 5.41) is 3.62. The van der Waals surface area contributed by atoms with Gasteiger partial charge >= 0.3 is 0 Å². The number of halogens is 1. The molecule has 0 saturated carbocycles. The van der Waals surface area contributed by atoms with E-state index in [4.69, 9.17) is 4.74 Å². The molecule has 1 atom stereocenters. The van der Waals surface area contributed by atoms with Crippen molar-refractivity contribution in [1.29, 1.82) is 0 Å². The van der Waals surface area contributed by atoms with Gasteiger partial charge in [0.1, 0.15) is 0 Å². The van der Waals surface area contributed by atoms with E-state index in [1.54, 1.807) is 7.11 Å². The lowest BCUT2D eigenvalue weighted by molar-refractivity contribution is 0.188. The Morgan fingerprint density at radius 2 is 2.29 bits per heavy atom. The van der Waals surface area contributed by atoms with Gasteiger partial charge in [0.05, 0.1) is 3.79 Å². The fraction of sp³-hybridized carbons (Fsp3) is 0.692. The predicted molar refractivity (Wildman–Crippen MR) is 78.9 cm³/mol. The van der Waals surface area contributed by atoms with Crippen molar-refractivity contribution in [3.05, 3.63) is 20.8 Å². The molecular weight excluding hydrogens is 298 g/mol. The Morgan fingerprint density at radius 1 is 1.47 bits per heavy atom. The minimum atomic E-state index is 0.579. The van der Waals surface area contributed by atoms with Gasteiger partial charge in [0.15, 0.2) is 0 Å². The lowest BCUT2D eigenvalue weighted by atomic mass is 10.1. The molecule has 1 aromatic heterocycles. The first-order valence-electron chi connectivity index (χ1n) is 6.22. The van der Waals surface area contributed by atoms with Crippen LogP contribution in [0.25, 0.3) is 0 Å². The van der Waals surface area contributed by atoms with Crippen molar-refractivity contribution in [2.24, 2.45) is 0 Å². The molecule has 1 aromatic rings. The number of rotatable bonds is 9. The summed E-state index contributed by atoms with van der Waals surface area (Å²) >= 11 is 5.35. The van der Waals surface area contributed by atoms with E-state index in [0.29, 0.717) is 6.04 Å². The molecule has 0 fully saturated rings. The third kappa shape index (κ3) is 6.55. The zero-order valence-corrected chi connectivity index (χ0v) is 13.1. The summed E-state index contributed by atoms with van der Waals surface area (Å²) in [5.41, 5.74) is 0. The zero-order valence-electron chi connectivity index (χ0n) is 10.7. The maximum Gasteiger partial charge on any atom is 0.0701 e. The summed E-state index contributed by atoms with van der Waals surface area (Å²) in [4.78, 5) is 1.45. The first kappa shape index (κ1) is 15.2. The van der Waals surface area contributed by atoms with Gasteiger partial charge in [0.2, 0.25) is 0 Å². The maximum atomic E-state index is 5.12. The Kier molecular flexibility index (Phi) is 8.10. The average molecular weight is 320 g/mol. The van der Waals surface area contributed by atoms with Crippen LogP contribution >= 0.6 is 27.3 Å². The SMILES string of the molecule is CCCNC(CCCOC)Cc1ccc(Br)s1. The molecule has 0 aliphatic carbocycles. The van der Waals surface area contributed by atoms with Gasteiger partial charge in [-0.05, 0) is 60.3 Å². The topological polar surface area (TPSA) is 21.3 Å². The highest BCUT2D eigenvalue weighted by atomic mass is 79.9. The lowest BCUT2D eigenvalue weighted by Crippen LogP contribution is -2.31. The Hall–Kier alpha value is 0.1000. The first-order chi connectivity index (χ1) is 8.26. The van der Waals surface area contributed by atoms with Crippen LogP contribution in [0.2, 0.25) is 0 Å². The molecule has 0 spiro atoms. The van der Waals surface area contributed by atoms with Crippen LogP contribution in [0.15, 0.2) is 15.9 Å². The molecule has 4 heteroatoms. The summed E-state index contributed by atoms with van der Waals surface area (Å²) in [6.45, 7) is 4.17. The fourth-order valence-electron chi connectivity index (χ4n) is 1.80. The average Bonchev–Trinajstić information content (AvgIpc) is 2.72. The van der Waals surface area contributed by atoms with E-state index in [0.717, 1.165) is 26.0 Å². The van der Waals surface area contributed by atoms with Gasteiger partial charge in [-0.1, -0.05) is 6.92 Å². The maximum absolute atomic E-state index is 5.12. The first-order valence-corrected chi connectivity index (χ1v) is 7.83. The van der Waals surface area contributed by atoms with E-state index in [9.17, 15) is 0 Å². The monoisotopic (exact) mass is 319 g/mol. The van der Waals surface area contributed by atoms with Crippen LogP contribution in [0, 0.1) is 0 Å². The number of thiophene rings is 1. The second kappa shape index (κ2) is 9.09. The lowest BCUT2D eigenvalue weighted by Gasteiger charge is -2.17. The summed E-state index contributed by atoms with van der Waals surface area (Å²) in [6.07, 6.45) is 4.63. The third-order valence-corrected chi connectivity index (χ3v) is 4.31.